The van der Waals surface area contributed by atoms with E-state index in [4.69, 9.17) is 0 Å². The van der Waals surface area contributed by atoms with E-state index < -0.39 is 15.9 Å². The predicted molar refractivity (Wildman–Crippen MR) is 84.4 cm³/mol. The smallest absolute Gasteiger partial charge is 0.241 e. The average Bonchev–Trinajstić information content (AvgIpc) is 2.46. The van der Waals surface area contributed by atoms with Crippen LogP contribution in [-0.2, 0) is 14.8 Å². The SMILES string of the molecule is O=C(CNS(=O)(=O)c1ccccc1)Nc1cccc(Br)c1. The van der Waals surface area contributed by atoms with Crippen LogP contribution in [0.5, 0.6) is 0 Å². The van der Waals surface area contributed by atoms with Gasteiger partial charge in [-0.05, 0) is 30.3 Å². The van der Waals surface area contributed by atoms with Gasteiger partial charge in [0.25, 0.3) is 0 Å². The number of hydrogen-bond donors (Lipinski definition) is 2. The number of amides is 1. The Kier molecular flexibility index (Phi) is 5.11. The zero-order chi connectivity index (χ0) is 15.3. The fourth-order valence-corrected chi connectivity index (χ4v) is 3.02. The van der Waals surface area contributed by atoms with Crippen LogP contribution >= 0.6 is 15.9 Å². The van der Waals surface area contributed by atoms with Crippen molar-refractivity contribution < 1.29 is 13.2 Å². The summed E-state index contributed by atoms with van der Waals surface area (Å²) in [5.41, 5.74) is 0.591. The Morgan fingerprint density at radius 2 is 1.76 bits per heavy atom. The Hall–Kier alpha value is -1.70. The van der Waals surface area contributed by atoms with Crippen LogP contribution in [0.3, 0.4) is 0 Å². The summed E-state index contributed by atoms with van der Waals surface area (Å²) in [7, 11) is -3.68. The molecule has 0 bridgehead atoms. The monoisotopic (exact) mass is 368 g/mol. The third-order valence-electron chi connectivity index (χ3n) is 2.58. The lowest BCUT2D eigenvalue weighted by molar-refractivity contribution is -0.115. The largest absolute Gasteiger partial charge is 0.325 e. The first-order valence-corrected chi connectivity index (χ1v) is 8.35. The van der Waals surface area contributed by atoms with Crippen molar-refractivity contribution >= 4 is 37.5 Å². The molecule has 0 heterocycles. The van der Waals surface area contributed by atoms with Crippen molar-refractivity contribution in [2.24, 2.45) is 0 Å². The van der Waals surface area contributed by atoms with E-state index in [-0.39, 0.29) is 11.4 Å². The highest BCUT2D eigenvalue weighted by Gasteiger charge is 2.14. The maximum Gasteiger partial charge on any atom is 0.241 e. The number of nitrogens with one attached hydrogen (secondary N) is 2. The average molecular weight is 369 g/mol. The number of sulfonamides is 1. The van der Waals surface area contributed by atoms with E-state index in [0.29, 0.717) is 5.69 Å². The molecule has 0 atom stereocenters. The topological polar surface area (TPSA) is 75.3 Å². The Balaban J connectivity index is 1.95. The lowest BCUT2D eigenvalue weighted by atomic mass is 10.3. The van der Waals surface area contributed by atoms with E-state index in [9.17, 15) is 13.2 Å². The molecule has 110 valence electrons. The zero-order valence-corrected chi connectivity index (χ0v) is 13.3. The maximum absolute atomic E-state index is 11.9. The first-order valence-electron chi connectivity index (χ1n) is 6.07. The minimum absolute atomic E-state index is 0.125. The minimum Gasteiger partial charge on any atom is -0.325 e. The second kappa shape index (κ2) is 6.84. The molecule has 1 amide bonds. The third kappa shape index (κ3) is 4.66. The molecule has 21 heavy (non-hydrogen) atoms. The Bertz CT molecular complexity index is 733. The van der Waals surface area contributed by atoms with Gasteiger partial charge >= 0.3 is 0 Å². The van der Waals surface area contributed by atoms with Gasteiger partial charge in [-0.3, -0.25) is 4.79 Å². The molecule has 0 spiro atoms. The van der Waals surface area contributed by atoms with Crippen LogP contribution in [0, 0.1) is 0 Å². The predicted octanol–water partition coefficient (Wildman–Crippen LogP) is 2.37. The standard InChI is InChI=1S/C14H13BrN2O3S/c15-11-5-4-6-12(9-11)17-14(18)10-16-21(19,20)13-7-2-1-3-8-13/h1-9,16H,10H2,(H,17,18). The number of carbonyl (C=O) groups excluding carboxylic acids is 1. The van der Waals surface area contributed by atoms with E-state index in [1.165, 1.54) is 12.1 Å². The molecule has 2 aromatic carbocycles. The summed E-state index contributed by atoms with van der Waals surface area (Å²) in [5.74, 6) is -0.437. The lowest BCUT2D eigenvalue weighted by Crippen LogP contribution is -2.32. The van der Waals surface area contributed by atoms with Crippen molar-refractivity contribution in [2.45, 2.75) is 4.90 Å². The number of carbonyl (C=O) groups is 1. The second-order valence-corrected chi connectivity index (χ2v) is 6.88. The van der Waals surface area contributed by atoms with Crippen LogP contribution in [0.4, 0.5) is 5.69 Å². The number of benzene rings is 2. The summed E-state index contributed by atoms with van der Waals surface area (Å²) >= 11 is 3.29. The fourth-order valence-electron chi connectivity index (χ4n) is 1.61. The fraction of sp³-hybridized carbons (Fsp3) is 0.0714. The van der Waals surface area contributed by atoms with E-state index in [1.54, 1.807) is 36.4 Å². The number of rotatable bonds is 5. The van der Waals surface area contributed by atoms with Crippen LogP contribution in [0.2, 0.25) is 0 Å². The summed E-state index contributed by atoms with van der Waals surface area (Å²) < 4.78 is 27.0. The van der Waals surface area contributed by atoms with Crippen molar-refractivity contribution in [3.05, 3.63) is 59.1 Å². The van der Waals surface area contributed by atoms with E-state index in [1.807, 2.05) is 6.07 Å². The highest BCUT2D eigenvalue weighted by Crippen LogP contribution is 2.15. The normalized spacial score (nSPS) is 11.1. The molecule has 0 unspecified atom stereocenters. The quantitative estimate of drug-likeness (QED) is 0.850. The van der Waals surface area contributed by atoms with Crippen LogP contribution in [0.15, 0.2) is 64.0 Å². The minimum atomic E-state index is -3.68. The highest BCUT2D eigenvalue weighted by atomic mass is 79.9. The van der Waals surface area contributed by atoms with Crippen LogP contribution in [0.1, 0.15) is 0 Å². The molecule has 5 nitrogen and oxygen atoms in total. The van der Waals surface area contributed by atoms with Crippen molar-refractivity contribution in [3.63, 3.8) is 0 Å². The summed E-state index contributed by atoms with van der Waals surface area (Å²) in [6.07, 6.45) is 0. The van der Waals surface area contributed by atoms with Crippen LogP contribution in [-0.4, -0.2) is 20.9 Å². The van der Waals surface area contributed by atoms with E-state index >= 15 is 0 Å². The first-order chi connectivity index (χ1) is 9.97. The van der Waals surface area contributed by atoms with Gasteiger partial charge in [-0.25, -0.2) is 13.1 Å². The molecule has 7 heteroatoms. The first kappa shape index (κ1) is 15.7. The van der Waals surface area contributed by atoms with Crippen molar-refractivity contribution in [3.8, 4) is 0 Å². The zero-order valence-electron chi connectivity index (χ0n) is 10.9. The molecule has 0 aliphatic heterocycles. The van der Waals surface area contributed by atoms with Gasteiger partial charge in [0.2, 0.25) is 15.9 Å². The molecule has 0 fully saturated rings. The molecule has 0 radical (unpaired) electrons. The van der Waals surface area contributed by atoms with Gasteiger partial charge in [-0.2, -0.15) is 0 Å². The second-order valence-electron chi connectivity index (χ2n) is 4.20. The van der Waals surface area contributed by atoms with Gasteiger partial charge in [-0.15, -0.1) is 0 Å². The molecule has 0 saturated carbocycles. The summed E-state index contributed by atoms with van der Waals surface area (Å²) in [6.45, 7) is -0.330. The Morgan fingerprint density at radius 1 is 1.05 bits per heavy atom. The molecule has 0 saturated heterocycles. The molecular formula is C14H13BrN2O3S. The van der Waals surface area contributed by atoms with Gasteiger partial charge in [0.05, 0.1) is 11.4 Å². The molecule has 0 aliphatic carbocycles. The third-order valence-corrected chi connectivity index (χ3v) is 4.50. The van der Waals surface area contributed by atoms with Crippen molar-refractivity contribution in [1.82, 2.24) is 4.72 Å². The van der Waals surface area contributed by atoms with Gasteiger partial charge in [0.15, 0.2) is 0 Å². The van der Waals surface area contributed by atoms with Crippen LogP contribution < -0.4 is 10.0 Å². The van der Waals surface area contributed by atoms with E-state index in [0.717, 1.165) is 4.47 Å². The Labute approximate surface area is 131 Å². The van der Waals surface area contributed by atoms with Crippen molar-refractivity contribution in [2.75, 3.05) is 11.9 Å². The number of anilines is 1. The molecule has 0 aliphatic rings. The van der Waals surface area contributed by atoms with Gasteiger partial charge in [0, 0.05) is 10.2 Å². The molecule has 2 N–H and O–H groups in total. The highest BCUT2D eigenvalue weighted by molar-refractivity contribution is 9.10. The summed E-state index contributed by atoms with van der Waals surface area (Å²) in [6, 6.07) is 14.9. The molecule has 0 aromatic heterocycles. The van der Waals surface area contributed by atoms with Gasteiger partial charge in [-0.1, -0.05) is 40.2 Å². The number of hydrogen-bond acceptors (Lipinski definition) is 3. The molecule has 2 aromatic rings. The molecule has 2 rings (SSSR count). The Morgan fingerprint density at radius 3 is 2.43 bits per heavy atom. The summed E-state index contributed by atoms with van der Waals surface area (Å²) in [4.78, 5) is 11.9. The van der Waals surface area contributed by atoms with Crippen molar-refractivity contribution in [1.29, 1.82) is 0 Å². The van der Waals surface area contributed by atoms with E-state index in [2.05, 4.69) is 26.0 Å². The summed E-state index contributed by atoms with van der Waals surface area (Å²) in [5, 5.41) is 2.61. The van der Waals surface area contributed by atoms with Gasteiger partial charge in [0.1, 0.15) is 0 Å². The van der Waals surface area contributed by atoms with Gasteiger partial charge < -0.3 is 5.32 Å². The van der Waals surface area contributed by atoms with Crippen LogP contribution in [0.25, 0.3) is 0 Å². The lowest BCUT2D eigenvalue weighted by Gasteiger charge is -2.08. The number of halogens is 1. The molecular weight excluding hydrogens is 356 g/mol. The maximum atomic E-state index is 11.9.